The molecule has 39 heavy (non-hydrogen) atoms. The molecule has 2 amide bonds. The van der Waals surface area contributed by atoms with E-state index in [0.29, 0.717) is 34.4 Å². The van der Waals surface area contributed by atoms with Gasteiger partial charge in [0, 0.05) is 36.7 Å². The number of anilines is 2. The van der Waals surface area contributed by atoms with Crippen molar-refractivity contribution in [2.75, 3.05) is 23.4 Å². The zero-order valence-corrected chi connectivity index (χ0v) is 23.1. The van der Waals surface area contributed by atoms with Crippen molar-refractivity contribution in [3.05, 3.63) is 46.9 Å². The van der Waals surface area contributed by atoms with E-state index in [1.165, 1.54) is 11.9 Å². The minimum atomic E-state index is -1.04. The largest absolute Gasteiger partial charge is 0.465 e. The summed E-state index contributed by atoms with van der Waals surface area (Å²) in [6, 6.07) is 7.46. The molecule has 0 saturated carbocycles. The highest BCUT2D eigenvalue weighted by atomic mass is 16.4. The van der Waals surface area contributed by atoms with Gasteiger partial charge in [-0.05, 0) is 65.2 Å². The SMILES string of the molecule is CN(Cc1nc(N2CCCC2(C)C)cc2c1CN(c1cccc(-c3nnc4n3C(C)(C)CC4)n1)C2=O)C(=O)O. The lowest BCUT2D eigenvalue weighted by Crippen LogP contribution is -2.39. The molecule has 11 heteroatoms. The molecule has 0 aliphatic carbocycles. The van der Waals surface area contributed by atoms with Crippen LogP contribution in [0.2, 0.25) is 0 Å². The van der Waals surface area contributed by atoms with Crippen molar-refractivity contribution in [1.29, 1.82) is 0 Å². The number of fused-ring (bicyclic) bond motifs is 2. The van der Waals surface area contributed by atoms with Crippen molar-refractivity contribution in [2.24, 2.45) is 0 Å². The summed E-state index contributed by atoms with van der Waals surface area (Å²) in [5.41, 5.74) is 2.34. The Morgan fingerprint density at radius 2 is 1.87 bits per heavy atom. The zero-order valence-electron chi connectivity index (χ0n) is 23.1. The molecule has 0 atom stereocenters. The van der Waals surface area contributed by atoms with Crippen molar-refractivity contribution in [2.45, 2.75) is 77.5 Å². The summed E-state index contributed by atoms with van der Waals surface area (Å²) in [5.74, 6) is 2.71. The van der Waals surface area contributed by atoms with E-state index in [9.17, 15) is 14.7 Å². The topological polar surface area (TPSA) is 121 Å². The molecule has 3 aliphatic heterocycles. The number of carbonyl (C=O) groups is 2. The summed E-state index contributed by atoms with van der Waals surface area (Å²) in [6.07, 6.45) is 2.88. The molecular weight excluding hydrogens is 496 g/mol. The monoisotopic (exact) mass is 530 g/mol. The average Bonchev–Trinajstić information content (AvgIpc) is 3.63. The standard InChI is InChI=1S/C28H34N8O3/c1-27(2)11-7-13-35(27)23-14-17-18(20(30-23)16-33(5)26(38)39)15-34(25(17)37)21-9-6-8-19(29-21)24-32-31-22-10-12-28(3,4)36(22)24/h6,8-9,14H,7,10-13,15-16H2,1-5H3,(H,38,39). The highest BCUT2D eigenvalue weighted by Gasteiger charge is 2.38. The maximum absolute atomic E-state index is 13.9. The van der Waals surface area contributed by atoms with E-state index < -0.39 is 6.09 Å². The molecule has 3 aromatic heterocycles. The molecule has 1 fully saturated rings. The number of nitrogens with zero attached hydrogens (tertiary/aromatic N) is 8. The number of aryl methyl sites for hydroxylation is 1. The van der Waals surface area contributed by atoms with Gasteiger partial charge in [0.2, 0.25) is 0 Å². The summed E-state index contributed by atoms with van der Waals surface area (Å²) in [6.45, 7) is 9.88. The third kappa shape index (κ3) is 4.11. The normalized spacial score (nSPS) is 18.9. The van der Waals surface area contributed by atoms with E-state index in [2.05, 4.69) is 47.4 Å². The number of carbonyl (C=O) groups excluding carboxylic acids is 1. The summed E-state index contributed by atoms with van der Waals surface area (Å²) >= 11 is 0. The molecule has 11 nitrogen and oxygen atoms in total. The van der Waals surface area contributed by atoms with Crippen molar-refractivity contribution < 1.29 is 14.7 Å². The van der Waals surface area contributed by atoms with Gasteiger partial charge in [-0.2, -0.15) is 0 Å². The fourth-order valence-electron chi connectivity index (χ4n) is 6.14. The van der Waals surface area contributed by atoms with Crippen molar-refractivity contribution in [3.63, 3.8) is 0 Å². The third-order valence-electron chi connectivity index (χ3n) is 8.42. The predicted molar refractivity (Wildman–Crippen MR) is 146 cm³/mol. The Morgan fingerprint density at radius 1 is 1.08 bits per heavy atom. The second-order valence-electron chi connectivity index (χ2n) is 12.0. The Morgan fingerprint density at radius 3 is 2.59 bits per heavy atom. The van der Waals surface area contributed by atoms with Crippen molar-refractivity contribution in [3.8, 4) is 11.5 Å². The first kappa shape index (κ1) is 25.3. The molecule has 0 aromatic carbocycles. The minimum Gasteiger partial charge on any atom is -0.465 e. The lowest BCUT2D eigenvalue weighted by molar-refractivity contribution is 0.0995. The minimum absolute atomic E-state index is 0.0926. The fourth-order valence-corrected chi connectivity index (χ4v) is 6.14. The van der Waals surface area contributed by atoms with E-state index in [1.54, 1.807) is 4.90 Å². The first-order chi connectivity index (χ1) is 18.5. The lowest BCUT2D eigenvalue weighted by Gasteiger charge is -2.33. The maximum Gasteiger partial charge on any atom is 0.407 e. The van der Waals surface area contributed by atoms with Crippen molar-refractivity contribution in [1.82, 2.24) is 29.6 Å². The van der Waals surface area contributed by atoms with Crippen LogP contribution in [0.1, 0.15) is 74.4 Å². The highest BCUT2D eigenvalue weighted by Crippen LogP contribution is 2.38. The van der Waals surface area contributed by atoms with Gasteiger partial charge in [0.1, 0.15) is 23.2 Å². The average molecular weight is 531 g/mol. The second-order valence-corrected chi connectivity index (χ2v) is 12.0. The summed E-state index contributed by atoms with van der Waals surface area (Å²) in [4.78, 5) is 40.4. The first-order valence-corrected chi connectivity index (χ1v) is 13.4. The van der Waals surface area contributed by atoms with E-state index in [-0.39, 0.29) is 30.1 Å². The van der Waals surface area contributed by atoms with Crippen LogP contribution in [0.3, 0.4) is 0 Å². The van der Waals surface area contributed by atoms with E-state index in [1.807, 2.05) is 24.3 Å². The van der Waals surface area contributed by atoms with Crippen LogP contribution in [-0.2, 0) is 25.0 Å². The molecule has 0 unspecified atom stereocenters. The Hall–Kier alpha value is -4.02. The zero-order chi connectivity index (χ0) is 27.7. The number of amides is 2. The van der Waals surface area contributed by atoms with Crippen LogP contribution < -0.4 is 9.80 Å². The Balaban J connectivity index is 1.39. The van der Waals surface area contributed by atoms with Crippen LogP contribution in [0.15, 0.2) is 24.3 Å². The first-order valence-electron chi connectivity index (χ1n) is 13.4. The van der Waals surface area contributed by atoms with E-state index in [0.717, 1.165) is 43.6 Å². The fraction of sp³-hybridized carbons (Fsp3) is 0.500. The van der Waals surface area contributed by atoms with Gasteiger partial charge in [0.25, 0.3) is 5.91 Å². The van der Waals surface area contributed by atoms with Gasteiger partial charge in [0.05, 0.1) is 24.3 Å². The van der Waals surface area contributed by atoms with Gasteiger partial charge in [0.15, 0.2) is 5.82 Å². The second kappa shape index (κ2) is 8.75. The van der Waals surface area contributed by atoms with E-state index >= 15 is 0 Å². The van der Waals surface area contributed by atoms with Gasteiger partial charge in [-0.1, -0.05) is 6.07 Å². The molecule has 0 radical (unpaired) electrons. The molecule has 1 saturated heterocycles. The van der Waals surface area contributed by atoms with Crippen LogP contribution in [0.25, 0.3) is 11.5 Å². The van der Waals surface area contributed by atoms with Crippen LogP contribution >= 0.6 is 0 Å². The number of hydrogen-bond acceptors (Lipinski definition) is 7. The number of carboxylic acid groups (broad SMARTS) is 1. The summed E-state index contributed by atoms with van der Waals surface area (Å²) in [7, 11) is 1.51. The number of pyridine rings is 2. The van der Waals surface area contributed by atoms with Gasteiger partial charge in [-0.25, -0.2) is 14.8 Å². The Bertz CT molecular complexity index is 1490. The van der Waals surface area contributed by atoms with Crippen LogP contribution in [0.4, 0.5) is 16.4 Å². The molecular formula is C28H34N8O3. The molecule has 3 aliphatic rings. The third-order valence-corrected chi connectivity index (χ3v) is 8.42. The molecule has 0 bridgehead atoms. The van der Waals surface area contributed by atoms with Gasteiger partial charge >= 0.3 is 6.09 Å². The highest BCUT2D eigenvalue weighted by molar-refractivity contribution is 6.10. The van der Waals surface area contributed by atoms with Crippen LogP contribution in [0, 0.1) is 0 Å². The molecule has 6 heterocycles. The van der Waals surface area contributed by atoms with E-state index in [4.69, 9.17) is 9.97 Å². The van der Waals surface area contributed by atoms with Gasteiger partial charge in [-0.3, -0.25) is 9.69 Å². The van der Waals surface area contributed by atoms with Crippen LogP contribution in [-0.4, -0.2) is 65.9 Å². The van der Waals surface area contributed by atoms with Crippen LogP contribution in [0.5, 0.6) is 0 Å². The summed E-state index contributed by atoms with van der Waals surface area (Å²) < 4.78 is 2.15. The predicted octanol–water partition coefficient (Wildman–Crippen LogP) is 4.07. The number of aromatic nitrogens is 5. The quantitative estimate of drug-likeness (QED) is 0.524. The lowest BCUT2D eigenvalue weighted by atomic mass is 10.0. The van der Waals surface area contributed by atoms with Gasteiger partial charge in [-0.15, -0.1) is 10.2 Å². The Kier molecular flexibility index (Phi) is 5.67. The number of hydrogen-bond donors (Lipinski definition) is 1. The molecule has 0 spiro atoms. The number of rotatable bonds is 5. The molecule has 6 rings (SSSR count). The molecule has 3 aromatic rings. The Labute approximate surface area is 227 Å². The smallest absolute Gasteiger partial charge is 0.407 e. The van der Waals surface area contributed by atoms with Crippen molar-refractivity contribution >= 4 is 23.6 Å². The molecule has 1 N–H and O–H groups in total. The molecule has 204 valence electrons. The maximum atomic E-state index is 13.9. The van der Waals surface area contributed by atoms with Gasteiger partial charge < -0.3 is 19.5 Å². The summed E-state index contributed by atoms with van der Waals surface area (Å²) in [5, 5.41) is 18.4.